The van der Waals surface area contributed by atoms with Gasteiger partial charge in [0.05, 0.1) is 23.8 Å². The molecule has 0 radical (unpaired) electrons. The molecule has 3 aromatic rings. The second-order valence-electron chi connectivity index (χ2n) is 11.8. The number of rotatable bonds is 7. The van der Waals surface area contributed by atoms with E-state index >= 15 is 0 Å². The normalized spacial score (nSPS) is 26.3. The number of fused-ring (bicyclic) bond motifs is 1. The third kappa shape index (κ3) is 8.64. The van der Waals surface area contributed by atoms with Gasteiger partial charge in [0.1, 0.15) is 5.52 Å². The van der Waals surface area contributed by atoms with E-state index in [4.69, 9.17) is 10.7 Å². The van der Waals surface area contributed by atoms with Crippen LogP contribution in [0.5, 0.6) is 0 Å². The van der Waals surface area contributed by atoms with E-state index in [0.717, 1.165) is 88.0 Å². The molecule has 3 heterocycles. The molecule has 43 heavy (non-hydrogen) atoms. The van der Waals surface area contributed by atoms with Crippen molar-refractivity contribution in [2.45, 2.75) is 107 Å². The monoisotopic (exact) mass is 664 g/mol. The van der Waals surface area contributed by atoms with Gasteiger partial charge in [-0.1, -0.05) is 18.2 Å². The van der Waals surface area contributed by atoms with E-state index in [1.165, 1.54) is 12.1 Å². The van der Waals surface area contributed by atoms with Gasteiger partial charge in [-0.3, -0.25) is 10.2 Å². The third-order valence-electron chi connectivity index (χ3n) is 8.92. The Hall–Kier alpha value is -1.89. The number of nitrogens with one attached hydrogen (secondary N) is 3. The van der Waals surface area contributed by atoms with Crippen LogP contribution in [0.25, 0.3) is 11.2 Å². The molecule has 2 aromatic heterocycles. The number of aromatic nitrogens is 4. The predicted octanol–water partition coefficient (Wildman–Crippen LogP) is 6.56. The molecule has 3 atom stereocenters. The number of H-pyrrole nitrogens is 1. The summed E-state index contributed by atoms with van der Waals surface area (Å²) < 4.78 is 39.8. The van der Waals surface area contributed by atoms with Gasteiger partial charge in [0.25, 0.3) is 0 Å². The van der Waals surface area contributed by atoms with Gasteiger partial charge in [0, 0.05) is 30.6 Å². The summed E-state index contributed by atoms with van der Waals surface area (Å²) in [7, 11) is 0. The minimum Gasteiger partial charge on any atom is -0.351 e. The third-order valence-corrected chi connectivity index (χ3v) is 8.92. The van der Waals surface area contributed by atoms with Gasteiger partial charge < -0.3 is 16.0 Å². The van der Waals surface area contributed by atoms with Gasteiger partial charge in [0.15, 0.2) is 5.65 Å². The SMILES string of the molecule is Cl.Cl.Cl.N[C@H]1CC[C@H](Nc2nc(C3CCC(NC4CCCCN4Cc4cccc(C(F)(F)F)c4)C3)c3[nH]cnc3n2)CC1. The highest BCUT2D eigenvalue weighted by molar-refractivity contribution is 5.86. The van der Waals surface area contributed by atoms with Crippen molar-refractivity contribution >= 4 is 54.3 Å². The van der Waals surface area contributed by atoms with E-state index in [2.05, 4.69) is 30.5 Å². The second-order valence-corrected chi connectivity index (χ2v) is 11.8. The fourth-order valence-electron chi connectivity index (χ4n) is 6.76. The Morgan fingerprint density at radius 1 is 0.953 bits per heavy atom. The van der Waals surface area contributed by atoms with E-state index in [0.29, 0.717) is 35.8 Å². The molecule has 0 bridgehead atoms. The second kappa shape index (κ2) is 15.4. The molecule has 0 amide bonds. The molecule has 2 saturated carbocycles. The van der Waals surface area contributed by atoms with Crippen LogP contribution in [0.2, 0.25) is 0 Å². The van der Waals surface area contributed by atoms with Gasteiger partial charge >= 0.3 is 6.18 Å². The highest BCUT2D eigenvalue weighted by Gasteiger charge is 2.34. The lowest BCUT2D eigenvalue weighted by Gasteiger charge is -2.38. The lowest BCUT2D eigenvalue weighted by atomic mass is 9.92. The zero-order valence-corrected chi connectivity index (χ0v) is 26.4. The first-order valence-corrected chi connectivity index (χ1v) is 14.7. The Bertz CT molecular complexity index is 1300. The van der Waals surface area contributed by atoms with E-state index in [9.17, 15) is 13.2 Å². The van der Waals surface area contributed by atoms with Crippen LogP contribution in [0.1, 0.15) is 86.9 Å². The van der Waals surface area contributed by atoms with Crippen molar-refractivity contribution in [3.05, 3.63) is 47.4 Å². The largest absolute Gasteiger partial charge is 0.416 e. The fourth-order valence-corrected chi connectivity index (χ4v) is 6.76. The molecular weight excluding hydrogens is 624 g/mol. The number of hydrogen-bond donors (Lipinski definition) is 4. The Balaban J connectivity index is 0.00000169. The number of benzene rings is 1. The van der Waals surface area contributed by atoms with Crippen molar-refractivity contribution in [2.24, 2.45) is 5.73 Å². The summed E-state index contributed by atoms with van der Waals surface area (Å²) in [6.45, 7) is 1.39. The molecule has 3 aliphatic rings. The van der Waals surface area contributed by atoms with Gasteiger partial charge in [-0.05, 0) is 82.4 Å². The molecule has 1 saturated heterocycles. The number of piperidine rings is 1. The van der Waals surface area contributed by atoms with Crippen molar-refractivity contribution in [1.82, 2.24) is 30.2 Å². The maximum atomic E-state index is 13.3. The van der Waals surface area contributed by atoms with Crippen LogP contribution in [-0.4, -0.2) is 55.7 Å². The highest BCUT2D eigenvalue weighted by Crippen LogP contribution is 2.37. The number of anilines is 1. The maximum Gasteiger partial charge on any atom is 0.416 e. The standard InChI is InChI=1S/C29H39F3N8.3ClH/c30-29(31,32)20-5-3-4-18(14-20)16-40-13-2-1-6-24(40)36-23-10-7-19(15-23)25-26-27(35-17-34-26)39-28(38-25)37-22-11-8-21(33)9-12-22;;;/h3-5,14,17,19,21-24,36H,1-2,6-13,15-16,33H2,(H2,34,35,37,38,39);3*1H/t19?,21-,22-,23?,24?;;;. The number of imidazole rings is 1. The number of hydrogen-bond acceptors (Lipinski definition) is 7. The van der Waals surface area contributed by atoms with Crippen LogP contribution >= 0.6 is 37.2 Å². The predicted molar refractivity (Wildman–Crippen MR) is 170 cm³/mol. The summed E-state index contributed by atoms with van der Waals surface area (Å²) in [5, 5.41) is 7.41. The van der Waals surface area contributed by atoms with Gasteiger partial charge in [-0.25, -0.2) is 9.97 Å². The summed E-state index contributed by atoms with van der Waals surface area (Å²) >= 11 is 0. The zero-order valence-electron chi connectivity index (χ0n) is 24.0. The van der Waals surface area contributed by atoms with Crippen LogP contribution in [0.3, 0.4) is 0 Å². The molecular formula is C29H42Cl3F3N8. The van der Waals surface area contributed by atoms with Crippen LogP contribution < -0.4 is 16.4 Å². The first kappa shape index (κ1) is 35.6. The number of likely N-dealkylation sites (tertiary alicyclic amines) is 1. The molecule has 1 aliphatic heterocycles. The summed E-state index contributed by atoms with van der Waals surface area (Å²) in [4.78, 5) is 19.7. The Kier molecular flexibility index (Phi) is 12.7. The van der Waals surface area contributed by atoms with E-state index in [1.807, 2.05) is 0 Å². The smallest absolute Gasteiger partial charge is 0.351 e. The number of nitrogens with zero attached hydrogens (tertiary/aromatic N) is 4. The molecule has 3 unspecified atom stereocenters. The number of nitrogens with two attached hydrogens (primary N) is 1. The first-order valence-electron chi connectivity index (χ1n) is 14.7. The fraction of sp³-hybridized carbons (Fsp3) is 0.621. The number of halogens is 6. The van der Waals surface area contributed by atoms with Gasteiger partial charge in [-0.15, -0.1) is 37.2 Å². The molecule has 3 fully saturated rings. The summed E-state index contributed by atoms with van der Waals surface area (Å²) in [5.74, 6) is 0.926. The van der Waals surface area contributed by atoms with E-state index < -0.39 is 11.7 Å². The highest BCUT2D eigenvalue weighted by atomic mass is 35.5. The van der Waals surface area contributed by atoms with Gasteiger partial charge in [0.2, 0.25) is 5.95 Å². The average Bonchev–Trinajstić information content (AvgIpc) is 3.60. The summed E-state index contributed by atoms with van der Waals surface area (Å²) in [6, 6.07) is 6.67. The van der Waals surface area contributed by atoms with E-state index in [-0.39, 0.29) is 55.3 Å². The quantitative estimate of drug-likeness (QED) is 0.227. The lowest BCUT2D eigenvalue weighted by molar-refractivity contribution is -0.137. The molecule has 0 spiro atoms. The number of aromatic amines is 1. The van der Waals surface area contributed by atoms with Crippen LogP contribution in [0, 0.1) is 0 Å². The van der Waals surface area contributed by atoms with Crippen molar-refractivity contribution < 1.29 is 13.2 Å². The lowest BCUT2D eigenvalue weighted by Crippen LogP contribution is -2.51. The summed E-state index contributed by atoms with van der Waals surface area (Å²) in [5.41, 5.74) is 8.82. The molecule has 14 heteroatoms. The Morgan fingerprint density at radius 3 is 2.49 bits per heavy atom. The Labute approximate surface area is 269 Å². The first-order chi connectivity index (χ1) is 19.3. The van der Waals surface area contributed by atoms with E-state index in [1.54, 1.807) is 12.4 Å². The summed E-state index contributed by atoms with van der Waals surface area (Å²) in [6.07, 6.45) is 7.75. The molecule has 6 rings (SSSR count). The molecule has 1 aromatic carbocycles. The number of alkyl halides is 3. The minimum absolute atomic E-state index is 0. The van der Waals surface area contributed by atoms with Crippen molar-refractivity contribution in [1.29, 1.82) is 0 Å². The molecule has 5 N–H and O–H groups in total. The average molecular weight is 666 g/mol. The van der Waals surface area contributed by atoms with Crippen molar-refractivity contribution in [3.63, 3.8) is 0 Å². The molecule has 8 nitrogen and oxygen atoms in total. The van der Waals surface area contributed by atoms with Crippen molar-refractivity contribution in [3.8, 4) is 0 Å². The molecule has 240 valence electrons. The maximum absolute atomic E-state index is 13.3. The zero-order chi connectivity index (χ0) is 27.7. The van der Waals surface area contributed by atoms with Crippen molar-refractivity contribution in [2.75, 3.05) is 11.9 Å². The van der Waals surface area contributed by atoms with Crippen LogP contribution in [0.15, 0.2) is 30.6 Å². The van der Waals surface area contributed by atoms with Gasteiger partial charge in [-0.2, -0.15) is 18.2 Å². The van der Waals surface area contributed by atoms with Crippen LogP contribution in [-0.2, 0) is 12.7 Å². The minimum atomic E-state index is -4.32. The molecule has 2 aliphatic carbocycles. The topological polar surface area (TPSA) is 108 Å². The Morgan fingerprint density at radius 2 is 1.72 bits per heavy atom. The van der Waals surface area contributed by atoms with Crippen LogP contribution in [0.4, 0.5) is 19.1 Å².